The third kappa shape index (κ3) is 3.78. The zero-order chi connectivity index (χ0) is 14.4. The van der Waals surface area contributed by atoms with Crippen LogP contribution in [0.25, 0.3) is 0 Å². The standard InChI is InChI=1S/C15H15FN2O2/c1-18(9-10-20-13-5-3-2-4-6-13)15(19)12-7-8-17-14(16)11-12/h2-8,11H,9-10H2,1H3. The molecule has 0 aliphatic rings. The van der Waals surface area contributed by atoms with E-state index in [1.165, 1.54) is 17.2 Å². The van der Waals surface area contributed by atoms with Crippen LogP contribution in [-0.4, -0.2) is 36.0 Å². The van der Waals surface area contributed by atoms with Crippen molar-refractivity contribution in [3.63, 3.8) is 0 Å². The fourth-order valence-electron chi connectivity index (χ4n) is 1.67. The van der Waals surface area contributed by atoms with Gasteiger partial charge in [0.2, 0.25) is 5.95 Å². The molecule has 0 N–H and O–H groups in total. The maximum absolute atomic E-state index is 13.0. The highest BCUT2D eigenvalue weighted by Gasteiger charge is 2.12. The Morgan fingerprint density at radius 2 is 2.05 bits per heavy atom. The molecule has 0 radical (unpaired) electrons. The van der Waals surface area contributed by atoms with E-state index < -0.39 is 5.95 Å². The van der Waals surface area contributed by atoms with Crippen LogP contribution in [0.3, 0.4) is 0 Å². The Morgan fingerprint density at radius 3 is 2.75 bits per heavy atom. The molecule has 0 atom stereocenters. The maximum Gasteiger partial charge on any atom is 0.253 e. The van der Waals surface area contributed by atoms with Gasteiger partial charge >= 0.3 is 0 Å². The van der Waals surface area contributed by atoms with Crippen LogP contribution in [0.15, 0.2) is 48.7 Å². The van der Waals surface area contributed by atoms with Gasteiger partial charge in [-0.05, 0) is 18.2 Å². The minimum Gasteiger partial charge on any atom is -0.492 e. The SMILES string of the molecule is CN(CCOc1ccccc1)C(=O)c1ccnc(F)c1. The number of amides is 1. The van der Waals surface area contributed by atoms with Crippen molar-refractivity contribution in [2.24, 2.45) is 0 Å². The molecule has 0 spiro atoms. The van der Waals surface area contributed by atoms with E-state index in [9.17, 15) is 9.18 Å². The number of para-hydroxylation sites is 1. The average molecular weight is 274 g/mol. The molecule has 0 saturated heterocycles. The van der Waals surface area contributed by atoms with Gasteiger partial charge < -0.3 is 9.64 Å². The van der Waals surface area contributed by atoms with Crippen molar-refractivity contribution in [3.8, 4) is 5.75 Å². The van der Waals surface area contributed by atoms with Gasteiger partial charge in [-0.2, -0.15) is 4.39 Å². The molecule has 104 valence electrons. The minimum absolute atomic E-state index is 0.261. The summed E-state index contributed by atoms with van der Waals surface area (Å²) in [5, 5.41) is 0. The second kappa shape index (κ2) is 6.65. The van der Waals surface area contributed by atoms with E-state index in [2.05, 4.69) is 4.98 Å². The molecule has 0 bridgehead atoms. The van der Waals surface area contributed by atoms with Gasteiger partial charge in [0.05, 0.1) is 6.54 Å². The highest BCUT2D eigenvalue weighted by Crippen LogP contribution is 2.08. The summed E-state index contributed by atoms with van der Waals surface area (Å²) < 4.78 is 18.5. The first kappa shape index (κ1) is 14.0. The number of halogens is 1. The zero-order valence-corrected chi connectivity index (χ0v) is 11.1. The van der Waals surface area contributed by atoms with Crippen LogP contribution >= 0.6 is 0 Å². The lowest BCUT2D eigenvalue weighted by Gasteiger charge is -2.17. The summed E-state index contributed by atoms with van der Waals surface area (Å²) in [6.07, 6.45) is 1.27. The number of likely N-dealkylation sites (N-methyl/N-ethyl adjacent to an activating group) is 1. The Kier molecular flexibility index (Phi) is 4.65. The van der Waals surface area contributed by atoms with Crippen LogP contribution in [0.2, 0.25) is 0 Å². The van der Waals surface area contributed by atoms with Gasteiger partial charge in [0, 0.05) is 24.9 Å². The molecule has 0 aliphatic heterocycles. The highest BCUT2D eigenvalue weighted by molar-refractivity contribution is 5.93. The Morgan fingerprint density at radius 1 is 1.30 bits per heavy atom. The van der Waals surface area contributed by atoms with Crippen molar-refractivity contribution in [3.05, 3.63) is 60.2 Å². The zero-order valence-electron chi connectivity index (χ0n) is 11.1. The monoisotopic (exact) mass is 274 g/mol. The predicted molar refractivity (Wildman–Crippen MR) is 73.1 cm³/mol. The molecule has 0 aliphatic carbocycles. The molecule has 1 heterocycles. The number of nitrogens with zero attached hydrogens (tertiary/aromatic N) is 2. The summed E-state index contributed by atoms with van der Waals surface area (Å²) in [5.74, 6) is -0.170. The molecule has 0 unspecified atom stereocenters. The molecule has 20 heavy (non-hydrogen) atoms. The van der Waals surface area contributed by atoms with E-state index in [1.54, 1.807) is 7.05 Å². The predicted octanol–water partition coefficient (Wildman–Crippen LogP) is 2.37. The summed E-state index contributed by atoms with van der Waals surface area (Å²) in [7, 11) is 1.65. The summed E-state index contributed by atoms with van der Waals surface area (Å²) in [5.41, 5.74) is 0.278. The Labute approximate surface area is 116 Å². The largest absolute Gasteiger partial charge is 0.492 e. The second-order valence-corrected chi connectivity index (χ2v) is 4.26. The van der Waals surface area contributed by atoms with E-state index in [0.717, 1.165) is 11.8 Å². The van der Waals surface area contributed by atoms with Gasteiger partial charge in [-0.1, -0.05) is 18.2 Å². The van der Waals surface area contributed by atoms with Crippen LogP contribution < -0.4 is 4.74 Å². The highest BCUT2D eigenvalue weighted by atomic mass is 19.1. The molecule has 2 aromatic rings. The van der Waals surface area contributed by atoms with Crippen LogP contribution in [0, 0.1) is 5.95 Å². The third-order valence-electron chi connectivity index (χ3n) is 2.76. The number of carbonyl (C=O) groups excluding carboxylic acids is 1. The first-order valence-corrected chi connectivity index (χ1v) is 6.21. The number of benzene rings is 1. The molecule has 4 nitrogen and oxygen atoms in total. The van der Waals surface area contributed by atoms with Crippen molar-refractivity contribution in [2.75, 3.05) is 20.2 Å². The van der Waals surface area contributed by atoms with Gasteiger partial charge in [0.15, 0.2) is 0 Å². The van der Waals surface area contributed by atoms with Crippen molar-refractivity contribution in [1.82, 2.24) is 9.88 Å². The molecule has 1 amide bonds. The van der Waals surface area contributed by atoms with E-state index in [-0.39, 0.29) is 11.5 Å². The van der Waals surface area contributed by atoms with E-state index >= 15 is 0 Å². The number of carbonyl (C=O) groups is 1. The normalized spacial score (nSPS) is 10.1. The van der Waals surface area contributed by atoms with Gasteiger partial charge in [-0.3, -0.25) is 4.79 Å². The topological polar surface area (TPSA) is 42.4 Å². The van der Waals surface area contributed by atoms with Crippen molar-refractivity contribution in [1.29, 1.82) is 0 Å². The second-order valence-electron chi connectivity index (χ2n) is 4.26. The fraction of sp³-hybridized carbons (Fsp3) is 0.200. The number of pyridine rings is 1. The lowest BCUT2D eigenvalue weighted by atomic mass is 10.2. The maximum atomic E-state index is 13.0. The van der Waals surface area contributed by atoms with E-state index in [1.807, 2.05) is 30.3 Å². The first-order valence-electron chi connectivity index (χ1n) is 6.21. The Hall–Kier alpha value is -2.43. The van der Waals surface area contributed by atoms with Crippen LogP contribution in [0.1, 0.15) is 10.4 Å². The molecule has 1 aromatic carbocycles. The van der Waals surface area contributed by atoms with Crippen LogP contribution in [0.4, 0.5) is 4.39 Å². The number of rotatable bonds is 5. The quantitative estimate of drug-likeness (QED) is 0.786. The fourth-order valence-corrected chi connectivity index (χ4v) is 1.67. The van der Waals surface area contributed by atoms with Gasteiger partial charge in [-0.25, -0.2) is 4.98 Å². The number of aromatic nitrogens is 1. The Balaban J connectivity index is 1.85. The number of hydrogen-bond donors (Lipinski definition) is 0. The number of ether oxygens (including phenoxy) is 1. The summed E-state index contributed by atoms with van der Waals surface area (Å²) in [6.45, 7) is 0.789. The smallest absolute Gasteiger partial charge is 0.253 e. The van der Waals surface area contributed by atoms with Crippen molar-refractivity contribution < 1.29 is 13.9 Å². The summed E-state index contributed by atoms with van der Waals surface area (Å²) in [4.78, 5) is 16.9. The molecule has 0 fully saturated rings. The third-order valence-corrected chi connectivity index (χ3v) is 2.76. The number of hydrogen-bond acceptors (Lipinski definition) is 3. The van der Waals surface area contributed by atoms with Crippen LogP contribution in [-0.2, 0) is 0 Å². The summed E-state index contributed by atoms with van der Waals surface area (Å²) >= 11 is 0. The van der Waals surface area contributed by atoms with Crippen molar-refractivity contribution >= 4 is 5.91 Å². The average Bonchev–Trinajstić information content (AvgIpc) is 2.47. The lowest BCUT2D eigenvalue weighted by molar-refractivity contribution is 0.0773. The molecule has 0 saturated carbocycles. The van der Waals surface area contributed by atoms with Gasteiger partial charge in [-0.15, -0.1) is 0 Å². The van der Waals surface area contributed by atoms with Gasteiger partial charge in [0.1, 0.15) is 12.4 Å². The first-order chi connectivity index (χ1) is 9.66. The lowest BCUT2D eigenvalue weighted by Crippen LogP contribution is -2.31. The van der Waals surface area contributed by atoms with E-state index in [0.29, 0.717) is 13.2 Å². The van der Waals surface area contributed by atoms with Crippen molar-refractivity contribution in [2.45, 2.75) is 0 Å². The summed E-state index contributed by atoms with van der Waals surface area (Å²) in [6, 6.07) is 12.0. The molecule has 1 aromatic heterocycles. The molecular formula is C15H15FN2O2. The molecule has 5 heteroatoms. The Bertz CT molecular complexity index is 575. The molecular weight excluding hydrogens is 259 g/mol. The van der Waals surface area contributed by atoms with Crippen LogP contribution in [0.5, 0.6) is 5.75 Å². The molecule has 2 rings (SSSR count). The van der Waals surface area contributed by atoms with Gasteiger partial charge in [0.25, 0.3) is 5.91 Å². The minimum atomic E-state index is -0.662. The van der Waals surface area contributed by atoms with E-state index in [4.69, 9.17) is 4.74 Å².